The summed E-state index contributed by atoms with van der Waals surface area (Å²) >= 11 is 0. The van der Waals surface area contributed by atoms with Crippen molar-refractivity contribution >= 4 is 5.91 Å². The molecular formula is C12H19N3O. The molecule has 0 spiro atoms. The zero-order valence-electron chi connectivity index (χ0n) is 9.92. The second-order valence-corrected chi connectivity index (χ2v) is 4.55. The largest absolute Gasteiger partial charge is 0.316 e. The number of nitrogens with one attached hydrogen (secondary N) is 2. The summed E-state index contributed by atoms with van der Waals surface area (Å²) in [4.78, 5) is 11.8. The summed E-state index contributed by atoms with van der Waals surface area (Å²) in [6, 6.07) is 4.01. The van der Waals surface area contributed by atoms with Crippen LogP contribution in [0.15, 0.2) is 12.1 Å². The topological polar surface area (TPSA) is 46.1 Å². The molecule has 1 aromatic heterocycles. The first-order valence-electron chi connectivity index (χ1n) is 5.82. The van der Waals surface area contributed by atoms with Crippen LogP contribution in [0, 0.1) is 19.8 Å². The molecule has 0 aromatic carbocycles. The van der Waals surface area contributed by atoms with E-state index in [1.54, 1.807) is 0 Å². The summed E-state index contributed by atoms with van der Waals surface area (Å²) in [5, 5.41) is 3.27. The lowest BCUT2D eigenvalue weighted by Crippen LogP contribution is -2.27. The van der Waals surface area contributed by atoms with Crippen LogP contribution in [0.5, 0.6) is 0 Å². The third-order valence-corrected chi connectivity index (χ3v) is 3.14. The third-order valence-electron chi connectivity index (χ3n) is 3.14. The number of amides is 1. The van der Waals surface area contributed by atoms with Crippen LogP contribution in [0.25, 0.3) is 0 Å². The summed E-state index contributed by atoms with van der Waals surface area (Å²) in [6.07, 6.45) is 1.72. The van der Waals surface area contributed by atoms with E-state index in [1.165, 1.54) is 0 Å². The molecule has 1 saturated heterocycles. The maximum Gasteiger partial charge on any atom is 0.239 e. The van der Waals surface area contributed by atoms with Gasteiger partial charge in [-0.05, 0) is 51.4 Å². The van der Waals surface area contributed by atoms with Gasteiger partial charge < -0.3 is 5.32 Å². The van der Waals surface area contributed by atoms with E-state index in [0.717, 1.165) is 30.9 Å². The Morgan fingerprint density at radius 3 is 2.75 bits per heavy atom. The van der Waals surface area contributed by atoms with Crippen molar-refractivity contribution < 1.29 is 4.79 Å². The van der Waals surface area contributed by atoms with E-state index >= 15 is 0 Å². The fourth-order valence-electron chi connectivity index (χ4n) is 2.17. The first-order valence-corrected chi connectivity index (χ1v) is 5.82. The Morgan fingerprint density at radius 1 is 1.50 bits per heavy atom. The van der Waals surface area contributed by atoms with Crippen LogP contribution in [-0.2, 0) is 4.79 Å². The minimum atomic E-state index is 0.108. The van der Waals surface area contributed by atoms with Gasteiger partial charge in [0.25, 0.3) is 0 Å². The minimum Gasteiger partial charge on any atom is -0.316 e. The summed E-state index contributed by atoms with van der Waals surface area (Å²) in [7, 11) is 0. The van der Waals surface area contributed by atoms with Crippen LogP contribution in [0.4, 0.5) is 0 Å². The summed E-state index contributed by atoms with van der Waals surface area (Å²) in [6.45, 7) is 5.99. The molecule has 1 fully saturated rings. The number of hydrogen-bond acceptors (Lipinski definition) is 2. The Kier molecular flexibility index (Phi) is 3.29. The number of aromatic nitrogens is 1. The smallest absolute Gasteiger partial charge is 0.239 e. The number of carbonyl (C=O) groups excluding carboxylic acids is 1. The minimum absolute atomic E-state index is 0.108. The van der Waals surface area contributed by atoms with Gasteiger partial charge in [0.15, 0.2) is 0 Å². The summed E-state index contributed by atoms with van der Waals surface area (Å²) in [5.41, 5.74) is 5.07. The Balaban J connectivity index is 1.91. The van der Waals surface area contributed by atoms with Crippen molar-refractivity contribution in [3.05, 3.63) is 23.5 Å². The lowest BCUT2D eigenvalue weighted by molar-refractivity contribution is -0.117. The molecule has 1 aliphatic rings. The van der Waals surface area contributed by atoms with Crippen LogP contribution in [0.3, 0.4) is 0 Å². The molecule has 0 aliphatic carbocycles. The van der Waals surface area contributed by atoms with Gasteiger partial charge in [-0.15, -0.1) is 0 Å². The van der Waals surface area contributed by atoms with Crippen molar-refractivity contribution in [1.29, 1.82) is 0 Å². The molecule has 0 saturated carbocycles. The van der Waals surface area contributed by atoms with Crippen LogP contribution in [-0.4, -0.2) is 23.7 Å². The van der Waals surface area contributed by atoms with Crippen molar-refractivity contribution in [2.45, 2.75) is 26.7 Å². The number of rotatable bonds is 3. The van der Waals surface area contributed by atoms with E-state index in [0.29, 0.717) is 12.3 Å². The first-order chi connectivity index (χ1) is 7.66. The Hall–Kier alpha value is -1.29. The first kappa shape index (κ1) is 11.2. The highest BCUT2D eigenvalue weighted by atomic mass is 16.2. The van der Waals surface area contributed by atoms with Crippen molar-refractivity contribution in [2.24, 2.45) is 5.92 Å². The van der Waals surface area contributed by atoms with Crippen LogP contribution < -0.4 is 10.7 Å². The van der Waals surface area contributed by atoms with Gasteiger partial charge in [0.05, 0.1) is 0 Å². The van der Waals surface area contributed by atoms with Gasteiger partial charge >= 0.3 is 0 Å². The summed E-state index contributed by atoms with van der Waals surface area (Å²) in [5.74, 6) is 0.604. The average Bonchev–Trinajstić information content (AvgIpc) is 2.83. The molecule has 1 atom stereocenters. The van der Waals surface area contributed by atoms with Gasteiger partial charge in [-0.3, -0.25) is 14.9 Å². The molecular weight excluding hydrogens is 202 g/mol. The predicted octanol–water partition coefficient (Wildman–Crippen LogP) is 1.17. The van der Waals surface area contributed by atoms with Crippen molar-refractivity contribution in [1.82, 2.24) is 9.99 Å². The van der Waals surface area contributed by atoms with Crippen LogP contribution >= 0.6 is 0 Å². The molecule has 2 heterocycles. The molecule has 1 unspecified atom stereocenters. The number of hydrogen-bond donors (Lipinski definition) is 2. The normalized spacial score (nSPS) is 20.0. The highest BCUT2D eigenvalue weighted by molar-refractivity contribution is 5.84. The lowest BCUT2D eigenvalue weighted by Gasteiger charge is -2.13. The van der Waals surface area contributed by atoms with E-state index in [9.17, 15) is 4.79 Å². The zero-order chi connectivity index (χ0) is 11.5. The average molecular weight is 221 g/mol. The van der Waals surface area contributed by atoms with Gasteiger partial charge in [-0.25, -0.2) is 0 Å². The standard InChI is InChI=1S/C12H19N3O/c1-9-3-4-10(2)15(9)14-12(16)7-11-5-6-13-8-11/h3-4,11,13H,5-8H2,1-2H3,(H,14,16). The van der Waals surface area contributed by atoms with E-state index in [4.69, 9.17) is 0 Å². The van der Waals surface area contributed by atoms with Gasteiger partial charge in [0, 0.05) is 17.8 Å². The lowest BCUT2D eigenvalue weighted by atomic mass is 10.1. The van der Waals surface area contributed by atoms with Crippen LogP contribution in [0.2, 0.25) is 0 Å². The molecule has 0 bridgehead atoms. The Bertz CT molecular complexity index is 358. The van der Waals surface area contributed by atoms with E-state index in [-0.39, 0.29) is 5.91 Å². The van der Waals surface area contributed by atoms with Gasteiger partial charge in [0.2, 0.25) is 5.91 Å². The highest BCUT2D eigenvalue weighted by Gasteiger charge is 2.18. The molecule has 2 N–H and O–H groups in total. The van der Waals surface area contributed by atoms with Gasteiger partial charge in [-0.2, -0.15) is 0 Å². The maximum atomic E-state index is 11.8. The fourth-order valence-corrected chi connectivity index (χ4v) is 2.17. The fraction of sp³-hybridized carbons (Fsp3) is 0.583. The molecule has 0 radical (unpaired) electrons. The number of carbonyl (C=O) groups is 1. The van der Waals surface area contributed by atoms with E-state index in [2.05, 4.69) is 10.7 Å². The molecule has 1 aromatic rings. The second kappa shape index (κ2) is 4.70. The molecule has 2 rings (SSSR count). The molecule has 16 heavy (non-hydrogen) atoms. The molecule has 88 valence electrons. The van der Waals surface area contributed by atoms with Crippen molar-refractivity contribution in [2.75, 3.05) is 18.5 Å². The molecule has 4 heteroatoms. The Morgan fingerprint density at radius 2 is 2.19 bits per heavy atom. The molecule has 1 amide bonds. The molecule has 4 nitrogen and oxygen atoms in total. The SMILES string of the molecule is Cc1ccc(C)n1NC(=O)CC1CCNC1. The third kappa shape index (κ3) is 2.44. The summed E-state index contributed by atoms with van der Waals surface area (Å²) < 4.78 is 1.85. The van der Waals surface area contributed by atoms with Gasteiger partial charge in [-0.1, -0.05) is 0 Å². The highest BCUT2D eigenvalue weighted by Crippen LogP contribution is 2.12. The second-order valence-electron chi connectivity index (χ2n) is 4.55. The van der Waals surface area contributed by atoms with Crippen molar-refractivity contribution in [3.8, 4) is 0 Å². The predicted molar refractivity (Wildman–Crippen MR) is 63.9 cm³/mol. The quantitative estimate of drug-likeness (QED) is 0.805. The van der Waals surface area contributed by atoms with E-state index in [1.807, 2.05) is 30.7 Å². The molecule has 1 aliphatic heterocycles. The number of aryl methyl sites for hydroxylation is 2. The number of nitrogens with zero attached hydrogens (tertiary/aromatic N) is 1. The van der Waals surface area contributed by atoms with Gasteiger partial charge in [0.1, 0.15) is 0 Å². The monoisotopic (exact) mass is 221 g/mol. The van der Waals surface area contributed by atoms with Crippen molar-refractivity contribution in [3.63, 3.8) is 0 Å². The van der Waals surface area contributed by atoms with Crippen LogP contribution in [0.1, 0.15) is 24.2 Å². The zero-order valence-corrected chi connectivity index (χ0v) is 9.92. The Labute approximate surface area is 96.0 Å². The maximum absolute atomic E-state index is 11.8. The van der Waals surface area contributed by atoms with E-state index < -0.39 is 0 Å².